The highest BCUT2D eigenvalue weighted by molar-refractivity contribution is 6.08. The number of carbonyl (C=O) groups is 1. The molecule has 134 valence electrons. The number of carbonyl (C=O) groups excluding carboxylic acids is 1. The van der Waals surface area contributed by atoms with Gasteiger partial charge in [-0.25, -0.2) is 0 Å². The molecule has 1 aromatic carbocycles. The second kappa shape index (κ2) is 7.30. The van der Waals surface area contributed by atoms with Crippen molar-refractivity contribution in [1.82, 2.24) is 20.2 Å². The Morgan fingerprint density at radius 1 is 1.19 bits per heavy atom. The lowest BCUT2D eigenvalue weighted by molar-refractivity contribution is 0.0909. The molecule has 1 saturated heterocycles. The molecular formula is C21H24N4O. The lowest BCUT2D eigenvalue weighted by Crippen LogP contribution is -2.44. The van der Waals surface area contributed by atoms with Gasteiger partial charge in [0.15, 0.2) is 0 Å². The molecule has 0 bridgehead atoms. The van der Waals surface area contributed by atoms with Gasteiger partial charge >= 0.3 is 0 Å². The van der Waals surface area contributed by atoms with Crippen molar-refractivity contribution in [2.75, 3.05) is 13.1 Å². The maximum atomic E-state index is 12.8. The lowest BCUT2D eigenvalue weighted by atomic mass is 10.0. The van der Waals surface area contributed by atoms with E-state index in [1.807, 2.05) is 49.5 Å². The van der Waals surface area contributed by atoms with E-state index in [9.17, 15) is 4.79 Å². The number of para-hydroxylation sites is 1. The number of rotatable bonds is 4. The zero-order valence-corrected chi connectivity index (χ0v) is 15.0. The average Bonchev–Trinajstić information content (AvgIpc) is 3.00. The Morgan fingerprint density at radius 2 is 1.96 bits per heavy atom. The van der Waals surface area contributed by atoms with E-state index in [0.29, 0.717) is 0 Å². The topological polar surface area (TPSA) is 61.0 Å². The van der Waals surface area contributed by atoms with Crippen LogP contribution in [0.3, 0.4) is 0 Å². The summed E-state index contributed by atoms with van der Waals surface area (Å²) in [6, 6.07) is 14.2. The van der Waals surface area contributed by atoms with Crippen molar-refractivity contribution in [3.63, 3.8) is 0 Å². The monoisotopic (exact) mass is 348 g/mol. The van der Waals surface area contributed by atoms with Crippen molar-refractivity contribution in [2.24, 2.45) is 0 Å². The van der Waals surface area contributed by atoms with Crippen LogP contribution in [0.4, 0.5) is 0 Å². The Hall–Kier alpha value is -2.66. The second-order valence-electron chi connectivity index (χ2n) is 7.02. The molecule has 0 aliphatic carbocycles. The summed E-state index contributed by atoms with van der Waals surface area (Å²) < 4.78 is 0. The summed E-state index contributed by atoms with van der Waals surface area (Å²) in [7, 11) is 0. The van der Waals surface area contributed by atoms with Crippen molar-refractivity contribution in [1.29, 1.82) is 0 Å². The number of hydrogen-bond acceptors (Lipinski definition) is 3. The standard InChI is InChI=1S/C21H24N4O/c1-15-20(18-7-2-3-8-19(18)23-15)21(26)24-16-9-12-25(13-10-16)14-17-6-4-5-11-22-17/h2-8,11,16,23H,9-10,12-14H2,1H3,(H,24,26). The van der Waals surface area contributed by atoms with Gasteiger partial charge in [0.1, 0.15) is 0 Å². The van der Waals surface area contributed by atoms with Crippen molar-refractivity contribution >= 4 is 16.8 Å². The van der Waals surface area contributed by atoms with Crippen molar-refractivity contribution in [3.8, 4) is 0 Å². The fourth-order valence-electron chi connectivity index (χ4n) is 3.78. The third kappa shape index (κ3) is 3.48. The van der Waals surface area contributed by atoms with E-state index >= 15 is 0 Å². The van der Waals surface area contributed by atoms with Gasteiger partial charge in [-0.05, 0) is 38.0 Å². The van der Waals surface area contributed by atoms with Crippen LogP contribution < -0.4 is 5.32 Å². The molecule has 5 nitrogen and oxygen atoms in total. The Kier molecular flexibility index (Phi) is 4.71. The van der Waals surface area contributed by atoms with Gasteiger partial charge in [-0.1, -0.05) is 24.3 Å². The van der Waals surface area contributed by atoms with E-state index in [-0.39, 0.29) is 11.9 Å². The SMILES string of the molecule is Cc1[nH]c2ccccc2c1C(=O)NC1CCN(Cc2ccccn2)CC1. The molecule has 3 aromatic rings. The lowest BCUT2D eigenvalue weighted by Gasteiger charge is -2.32. The molecule has 0 unspecified atom stereocenters. The Morgan fingerprint density at radius 3 is 2.73 bits per heavy atom. The molecule has 2 N–H and O–H groups in total. The van der Waals surface area contributed by atoms with Crippen LogP contribution in [0.5, 0.6) is 0 Å². The van der Waals surface area contributed by atoms with Gasteiger partial charge in [-0.15, -0.1) is 0 Å². The maximum absolute atomic E-state index is 12.8. The smallest absolute Gasteiger partial charge is 0.253 e. The first-order valence-corrected chi connectivity index (χ1v) is 9.21. The zero-order valence-electron chi connectivity index (χ0n) is 15.0. The van der Waals surface area contributed by atoms with Crippen LogP contribution in [0.15, 0.2) is 48.7 Å². The van der Waals surface area contributed by atoms with Gasteiger partial charge in [0.05, 0.1) is 11.3 Å². The van der Waals surface area contributed by atoms with E-state index in [1.54, 1.807) is 0 Å². The fraction of sp³-hybridized carbons (Fsp3) is 0.333. The maximum Gasteiger partial charge on any atom is 0.253 e. The quantitative estimate of drug-likeness (QED) is 0.761. The second-order valence-corrected chi connectivity index (χ2v) is 7.02. The summed E-state index contributed by atoms with van der Waals surface area (Å²) in [5.41, 5.74) is 3.82. The third-order valence-electron chi connectivity index (χ3n) is 5.16. The van der Waals surface area contributed by atoms with Crippen LogP contribution in [0.1, 0.15) is 34.6 Å². The fourth-order valence-corrected chi connectivity index (χ4v) is 3.78. The van der Waals surface area contributed by atoms with Crippen LogP contribution in [0, 0.1) is 6.92 Å². The number of likely N-dealkylation sites (tertiary alicyclic amines) is 1. The number of nitrogens with one attached hydrogen (secondary N) is 2. The third-order valence-corrected chi connectivity index (χ3v) is 5.16. The first kappa shape index (κ1) is 16.8. The highest BCUT2D eigenvalue weighted by Crippen LogP contribution is 2.22. The van der Waals surface area contributed by atoms with Gasteiger partial charge < -0.3 is 10.3 Å². The minimum Gasteiger partial charge on any atom is -0.358 e. The van der Waals surface area contributed by atoms with Crippen LogP contribution in [0.2, 0.25) is 0 Å². The first-order valence-electron chi connectivity index (χ1n) is 9.21. The van der Waals surface area contributed by atoms with Gasteiger partial charge in [-0.3, -0.25) is 14.7 Å². The Bertz CT molecular complexity index is 895. The van der Waals surface area contributed by atoms with Gasteiger partial charge in [-0.2, -0.15) is 0 Å². The normalized spacial score (nSPS) is 16.0. The van der Waals surface area contributed by atoms with E-state index in [1.165, 1.54) is 0 Å². The molecule has 26 heavy (non-hydrogen) atoms. The highest BCUT2D eigenvalue weighted by atomic mass is 16.1. The minimum atomic E-state index is 0.0307. The molecule has 2 aromatic heterocycles. The van der Waals surface area contributed by atoms with E-state index in [4.69, 9.17) is 0 Å². The highest BCUT2D eigenvalue weighted by Gasteiger charge is 2.23. The van der Waals surface area contributed by atoms with Crippen LogP contribution in [-0.2, 0) is 6.54 Å². The molecule has 5 heteroatoms. The summed E-state index contributed by atoms with van der Waals surface area (Å²) in [4.78, 5) is 22.9. The van der Waals surface area contributed by atoms with Crippen LogP contribution in [-0.4, -0.2) is 39.9 Å². The molecule has 1 amide bonds. The molecule has 1 fully saturated rings. The molecular weight excluding hydrogens is 324 g/mol. The zero-order chi connectivity index (χ0) is 17.9. The molecule has 0 radical (unpaired) electrons. The van der Waals surface area contributed by atoms with Crippen molar-refractivity contribution in [3.05, 3.63) is 65.6 Å². The number of aromatic amines is 1. The Balaban J connectivity index is 1.37. The molecule has 0 spiro atoms. The summed E-state index contributed by atoms with van der Waals surface area (Å²) in [5, 5.41) is 4.23. The van der Waals surface area contributed by atoms with Gasteiger partial charge in [0.2, 0.25) is 0 Å². The predicted octanol–water partition coefficient (Wildman–Crippen LogP) is 3.27. The number of benzene rings is 1. The summed E-state index contributed by atoms with van der Waals surface area (Å²) in [5.74, 6) is 0.0307. The van der Waals surface area contributed by atoms with Gasteiger partial charge in [0, 0.05) is 48.5 Å². The summed E-state index contributed by atoms with van der Waals surface area (Å²) in [6.07, 6.45) is 3.78. The molecule has 3 heterocycles. The summed E-state index contributed by atoms with van der Waals surface area (Å²) in [6.45, 7) is 4.80. The number of aromatic nitrogens is 2. The minimum absolute atomic E-state index is 0.0307. The van der Waals surface area contributed by atoms with Crippen LogP contribution in [0.25, 0.3) is 10.9 Å². The number of pyridine rings is 1. The van der Waals surface area contributed by atoms with Crippen molar-refractivity contribution in [2.45, 2.75) is 32.4 Å². The van der Waals surface area contributed by atoms with E-state index in [0.717, 1.165) is 60.3 Å². The number of fused-ring (bicyclic) bond motifs is 1. The number of piperidine rings is 1. The number of amides is 1. The van der Waals surface area contributed by atoms with E-state index < -0.39 is 0 Å². The summed E-state index contributed by atoms with van der Waals surface area (Å²) >= 11 is 0. The number of aryl methyl sites for hydroxylation is 1. The van der Waals surface area contributed by atoms with Crippen molar-refractivity contribution < 1.29 is 4.79 Å². The largest absolute Gasteiger partial charge is 0.358 e. The van der Waals surface area contributed by atoms with E-state index in [2.05, 4.69) is 26.3 Å². The number of nitrogens with zero attached hydrogens (tertiary/aromatic N) is 2. The van der Waals surface area contributed by atoms with Gasteiger partial charge in [0.25, 0.3) is 5.91 Å². The molecule has 1 aliphatic rings. The Labute approximate surface area is 153 Å². The molecule has 1 aliphatic heterocycles. The molecule has 0 atom stereocenters. The number of hydrogen-bond donors (Lipinski definition) is 2. The first-order chi connectivity index (χ1) is 12.7. The predicted molar refractivity (Wildman–Crippen MR) is 103 cm³/mol. The number of H-pyrrole nitrogens is 1. The average molecular weight is 348 g/mol. The molecule has 4 rings (SSSR count). The van der Waals surface area contributed by atoms with Crippen LogP contribution >= 0.6 is 0 Å². The molecule has 0 saturated carbocycles.